The summed E-state index contributed by atoms with van der Waals surface area (Å²) in [5.74, 6) is 0. The molecule has 0 unspecified atom stereocenters. The van der Waals surface area contributed by atoms with Crippen LogP contribution in [-0.4, -0.2) is 9.97 Å². The molecule has 2 N–H and O–H groups in total. The Labute approximate surface area is 177 Å². The fourth-order valence-electron chi connectivity index (χ4n) is 4.57. The van der Waals surface area contributed by atoms with Crippen molar-refractivity contribution < 1.29 is 4.42 Å². The van der Waals surface area contributed by atoms with E-state index < -0.39 is 0 Å². The third-order valence-corrected chi connectivity index (χ3v) is 6.15. The van der Waals surface area contributed by atoms with E-state index in [1.54, 1.807) is 0 Å². The summed E-state index contributed by atoms with van der Waals surface area (Å²) in [7, 11) is 0. The Bertz CT molecular complexity index is 1550. The van der Waals surface area contributed by atoms with Crippen molar-refractivity contribution >= 4 is 43.7 Å². The summed E-state index contributed by atoms with van der Waals surface area (Å²) in [5.41, 5.74) is 8.65. The first-order valence-electron chi connectivity index (χ1n) is 10.4. The number of rotatable bonds is 2. The summed E-state index contributed by atoms with van der Waals surface area (Å²) in [5, 5.41) is 4.69. The van der Waals surface area contributed by atoms with Crippen LogP contribution in [0.4, 0.5) is 0 Å². The number of hydrogen-bond donors (Lipinski definition) is 2. The molecule has 3 aromatic heterocycles. The highest BCUT2D eigenvalue weighted by Gasteiger charge is 2.12. The summed E-state index contributed by atoms with van der Waals surface area (Å²) < 4.78 is 6.13. The van der Waals surface area contributed by atoms with Gasteiger partial charge in [-0.25, -0.2) is 0 Å². The average molecular weight is 398 g/mol. The van der Waals surface area contributed by atoms with Gasteiger partial charge in [0.25, 0.3) is 0 Å². The summed E-state index contributed by atoms with van der Waals surface area (Å²) >= 11 is 0. The molecule has 3 heteroatoms. The van der Waals surface area contributed by atoms with Gasteiger partial charge in [-0.2, -0.15) is 0 Å². The Morgan fingerprint density at radius 2 is 0.968 bits per heavy atom. The molecular formula is C28H18N2O. The second-order valence-corrected chi connectivity index (χ2v) is 8.06. The van der Waals surface area contributed by atoms with Crippen molar-refractivity contribution in [1.29, 1.82) is 0 Å². The molecule has 0 radical (unpaired) electrons. The van der Waals surface area contributed by atoms with Crippen molar-refractivity contribution in [2.24, 2.45) is 0 Å². The second-order valence-electron chi connectivity index (χ2n) is 8.06. The third kappa shape index (κ3) is 2.53. The van der Waals surface area contributed by atoms with Gasteiger partial charge in [-0.15, -0.1) is 0 Å². The highest BCUT2D eigenvalue weighted by molar-refractivity contribution is 6.08. The van der Waals surface area contributed by atoms with Gasteiger partial charge in [-0.1, -0.05) is 36.4 Å². The van der Waals surface area contributed by atoms with Crippen molar-refractivity contribution in [3.05, 3.63) is 97.1 Å². The van der Waals surface area contributed by atoms with E-state index in [0.717, 1.165) is 55.5 Å². The van der Waals surface area contributed by atoms with Crippen LogP contribution in [-0.2, 0) is 0 Å². The highest BCUT2D eigenvalue weighted by atomic mass is 16.3. The first-order valence-corrected chi connectivity index (χ1v) is 10.4. The van der Waals surface area contributed by atoms with Crippen LogP contribution in [0.15, 0.2) is 101 Å². The maximum absolute atomic E-state index is 6.13. The minimum atomic E-state index is 0.906. The normalized spacial score (nSPS) is 11.9. The number of benzene rings is 4. The predicted molar refractivity (Wildman–Crippen MR) is 128 cm³/mol. The smallest absolute Gasteiger partial charge is 0.135 e. The molecule has 146 valence electrons. The lowest BCUT2D eigenvalue weighted by Crippen LogP contribution is -1.78. The van der Waals surface area contributed by atoms with E-state index in [1.807, 2.05) is 0 Å². The Morgan fingerprint density at radius 1 is 0.484 bits per heavy atom. The fraction of sp³-hybridized carbons (Fsp3) is 0. The molecular weight excluding hydrogens is 380 g/mol. The topological polar surface area (TPSA) is 44.7 Å². The van der Waals surface area contributed by atoms with Crippen molar-refractivity contribution in [3.63, 3.8) is 0 Å². The summed E-state index contributed by atoms with van der Waals surface area (Å²) in [6.45, 7) is 0. The number of hydrogen-bond acceptors (Lipinski definition) is 1. The van der Waals surface area contributed by atoms with Crippen LogP contribution in [0.5, 0.6) is 0 Å². The SMILES string of the molecule is c1ccc2[nH]c(-c3ccc4oc5ccc(-c6cc7ccccc7[nH]6)cc5c4c3)cc2c1. The van der Waals surface area contributed by atoms with Crippen molar-refractivity contribution in [2.45, 2.75) is 0 Å². The summed E-state index contributed by atoms with van der Waals surface area (Å²) in [4.78, 5) is 7.07. The lowest BCUT2D eigenvalue weighted by atomic mass is 10.0. The molecule has 0 aliphatic rings. The predicted octanol–water partition coefficient (Wildman–Crippen LogP) is 7.88. The standard InChI is InChI=1S/C28H18N2O/c1-3-7-23-17(5-1)15-25(29-23)19-9-11-27-21(13-19)22-14-20(10-12-28(22)31-27)26-16-18-6-2-4-8-24(18)30-26/h1-16,29-30H. The molecule has 0 atom stereocenters. The van der Waals surface area contributed by atoms with Gasteiger partial charge in [0.15, 0.2) is 0 Å². The number of nitrogens with one attached hydrogen (secondary N) is 2. The molecule has 3 nitrogen and oxygen atoms in total. The van der Waals surface area contributed by atoms with Crippen LogP contribution < -0.4 is 0 Å². The molecule has 0 spiro atoms. The van der Waals surface area contributed by atoms with Crippen LogP contribution >= 0.6 is 0 Å². The average Bonchev–Trinajstić information content (AvgIpc) is 3.52. The van der Waals surface area contributed by atoms with Crippen LogP contribution in [0.2, 0.25) is 0 Å². The maximum atomic E-state index is 6.13. The molecule has 0 aliphatic heterocycles. The molecule has 0 saturated heterocycles. The Kier molecular flexibility index (Phi) is 3.27. The summed E-state index contributed by atoms with van der Waals surface area (Å²) in [6, 6.07) is 34.0. The molecule has 0 saturated carbocycles. The molecule has 4 aromatic carbocycles. The number of para-hydroxylation sites is 2. The number of H-pyrrole nitrogens is 2. The zero-order chi connectivity index (χ0) is 20.4. The molecule has 0 amide bonds. The molecule has 31 heavy (non-hydrogen) atoms. The van der Waals surface area contributed by atoms with Gasteiger partial charge in [0.2, 0.25) is 0 Å². The van der Waals surface area contributed by atoms with E-state index in [2.05, 4.69) is 107 Å². The van der Waals surface area contributed by atoms with Crippen molar-refractivity contribution in [2.75, 3.05) is 0 Å². The fourth-order valence-corrected chi connectivity index (χ4v) is 4.57. The first-order chi connectivity index (χ1) is 15.3. The molecule has 0 bridgehead atoms. The molecule has 0 aliphatic carbocycles. The van der Waals surface area contributed by atoms with Crippen molar-refractivity contribution in [3.8, 4) is 22.5 Å². The van der Waals surface area contributed by atoms with Gasteiger partial charge in [-0.3, -0.25) is 0 Å². The quantitative estimate of drug-likeness (QED) is 0.306. The molecule has 7 rings (SSSR count). The zero-order valence-electron chi connectivity index (χ0n) is 16.6. The lowest BCUT2D eigenvalue weighted by molar-refractivity contribution is 0.669. The number of aromatic amines is 2. The van der Waals surface area contributed by atoms with E-state index in [4.69, 9.17) is 4.42 Å². The van der Waals surface area contributed by atoms with Gasteiger partial charge >= 0.3 is 0 Å². The van der Waals surface area contributed by atoms with Crippen molar-refractivity contribution in [1.82, 2.24) is 9.97 Å². The van der Waals surface area contributed by atoms with Crippen LogP contribution in [0.1, 0.15) is 0 Å². The van der Waals surface area contributed by atoms with Crippen LogP contribution in [0.25, 0.3) is 66.3 Å². The number of furan rings is 1. The minimum absolute atomic E-state index is 0.906. The Morgan fingerprint density at radius 3 is 1.45 bits per heavy atom. The van der Waals surface area contributed by atoms with Crippen LogP contribution in [0.3, 0.4) is 0 Å². The van der Waals surface area contributed by atoms with E-state index in [-0.39, 0.29) is 0 Å². The van der Waals surface area contributed by atoms with Gasteiger partial charge in [-0.05, 0) is 71.8 Å². The van der Waals surface area contributed by atoms with E-state index in [1.165, 1.54) is 10.8 Å². The Hall–Kier alpha value is -4.24. The monoisotopic (exact) mass is 398 g/mol. The van der Waals surface area contributed by atoms with E-state index in [9.17, 15) is 0 Å². The molecule has 7 aromatic rings. The van der Waals surface area contributed by atoms with E-state index in [0.29, 0.717) is 0 Å². The highest BCUT2D eigenvalue weighted by Crippen LogP contribution is 2.35. The summed E-state index contributed by atoms with van der Waals surface area (Å²) in [6.07, 6.45) is 0. The number of fused-ring (bicyclic) bond motifs is 5. The maximum Gasteiger partial charge on any atom is 0.135 e. The largest absolute Gasteiger partial charge is 0.456 e. The molecule has 3 heterocycles. The first kappa shape index (κ1) is 16.5. The third-order valence-electron chi connectivity index (χ3n) is 6.15. The minimum Gasteiger partial charge on any atom is -0.456 e. The van der Waals surface area contributed by atoms with Gasteiger partial charge in [0.1, 0.15) is 11.2 Å². The number of aromatic nitrogens is 2. The van der Waals surface area contributed by atoms with Crippen LogP contribution in [0, 0.1) is 0 Å². The van der Waals surface area contributed by atoms with Gasteiger partial charge < -0.3 is 14.4 Å². The zero-order valence-corrected chi connectivity index (χ0v) is 16.6. The molecule has 0 fully saturated rings. The lowest BCUT2D eigenvalue weighted by Gasteiger charge is -2.00. The van der Waals surface area contributed by atoms with Gasteiger partial charge in [0.05, 0.1) is 0 Å². The Balaban J connectivity index is 1.41. The second kappa shape index (κ2) is 6.13. The van der Waals surface area contributed by atoms with E-state index >= 15 is 0 Å². The van der Waals surface area contributed by atoms with Gasteiger partial charge in [0, 0.05) is 44.0 Å².